The molecule has 1 aliphatic carbocycles. The summed E-state index contributed by atoms with van der Waals surface area (Å²) in [6.07, 6.45) is 4.70. The normalized spacial score (nSPS) is 14.5. The van der Waals surface area contributed by atoms with Crippen molar-refractivity contribution in [1.82, 2.24) is 5.32 Å². The first-order valence-corrected chi connectivity index (χ1v) is 9.15. The second-order valence-electron chi connectivity index (χ2n) is 7.12. The lowest BCUT2D eigenvalue weighted by molar-refractivity contribution is 0.0926. The third kappa shape index (κ3) is 4.41. The zero-order chi connectivity index (χ0) is 17.8. The van der Waals surface area contributed by atoms with Gasteiger partial charge in [0, 0.05) is 5.56 Å². The molecular weight excluding hydrogens is 310 g/mol. The number of hydrogen-bond donors (Lipinski definition) is 1. The Morgan fingerprint density at radius 3 is 2.56 bits per heavy atom. The van der Waals surface area contributed by atoms with E-state index in [2.05, 4.69) is 37.4 Å². The summed E-state index contributed by atoms with van der Waals surface area (Å²) in [5.41, 5.74) is 5.94. The molecule has 0 saturated heterocycles. The van der Waals surface area contributed by atoms with Gasteiger partial charge in [0.25, 0.3) is 5.91 Å². The molecule has 2 aromatic carbocycles. The van der Waals surface area contributed by atoms with Crippen LogP contribution in [0.1, 0.15) is 52.4 Å². The van der Waals surface area contributed by atoms with Crippen LogP contribution in [0.4, 0.5) is 0 Å². The Balaban J connectivity index is 1.56. The number of fused-ring (bicyclic) bond motifs is 1. The van der Waals surface area contributed by atoms with Gasteiger partial charge in [-0.2, -0.15) is 0 Å². The molecule has 3 nitrogen and oxygen atoms in total. The lowest BCUT2D eigenvalue weighted by Crippen LogP contribution is -2.36. The number of amides is 1. The van der Waals surface area contributed by atoms with Crippen LogP contribution >= 0.6 is 0 Å². The first-order valence-electron chi connectivity index (χ1n) is 9.15. The molecule has 0 saturated carbocycles. The smallest absolute Gasteiger partial charge is 0.251 e. The van der Waals surface area contributed by atoms with Gasteiger partial charge in [-0.15, -0.1) is 0 Å². The molecule has 0 fully saturated rings. The van der Waals surface area contributed by atoms with Crippen molar-refractivity contribution in [2.45, 2.75) is 52.5 Å². The van der Waals surface area contributed by atoms with Gasteiger partial charge in [-0.1, -0.05) is 12.1 Å². The van der Waals surface area contributed by atoms with E-state index in [9.17, 15) is 4.79 Å². The standard InChI is InChI=1S/C22H27NO2/c1-15-8-11-21(12-16(15)2)25-14-17(3)23-22(24)20-10-9-18-6-4-5-7-19(18)13-20/h8-13,17H,4-7,14H2,1-3H3,(H,23,24). The molecule has 25 heavy (non-hydrogen) atoms. The first kappa shape index (κ1) is 17.5. The highest BCUT2D eigenvalue weighted by atomic mass is 16.5. The summed E-state index contributed by atoms with van der Waals surface area (Å²) in [4.78, 5) is 12.5. The molecule has 0 radical (unpaired) electrons. The van der Waals surface area contributed by atoms with E-state index in [1.807, 2.05) is 25.1 Å². The molecule has 1 amide bonds. The van der Waals surface area contributed by atoms with Gasteiger partial charge in [0.1, 0.15) is 12.4 Å². The number of benzene rings is 2. The molecule has 132 valence electrons. The maximum absolute atomic E-state index is 12.5. The van der Waals surface area contributed by atoms with Crippen LogP contribution in [0.3, 0.4) is 0 Å². The highest BCUT2D eigenvalue weighted by molar-refractivity contribution is 5.94. The van der Waals surface area contributed by atoms with Gasteiger partial charge < -0.3 is 10.1 Å². The number of carbonyl (C=O) groups is 1. The van der Waals surface area contributed by atoms with Gasteiger partial charge in [0.05, 0.1) is 6.04 Å². The first-order chi connectivity index (χ1) is 12.0. The van der Waals surface area contributed by atoms with E-state index in [1.165, 1.54) is 35.1 Å². The van der Waals surface area contributed by atoms with Crippen molar-refractivity contribution in [1.29, 1.82) is 0 Å². The van der Waals surface area contributed by atoms with E-state index in [0.717, 1.165) is 24.2 Å². The predicted octanol–water partition coefficient (Wildman–Crippen LogP) is 4.38. The summed E-state index contributed by atoms with van der Waals surface area (Å²) in [7, 11) is 0. The molecular formula is C22H27NO2. The maximum Gasteiger partial charge on any atom is 0.251 e. The molecule has 1 atom stereocenters. The van der Waals surface area contributed by atoms with Gasteiger partial charge in [-0.25, -0.2) is 0 Å². The van der Waals surface area contributed by atoms with Crippen molar-refractivity contribution >= 4 is 5.91 Å². The average Bonchev–Trinajstić information content (AvgIpc) is 2.62. The zero-order valence-electron chi connectivity index (χ0n) is 15.4. The van der Waals surface area contributed by atoms with Crippen LogP contribution in [-0.2, 0) is 12.8 Å². The maximum atomic E-state index is 12.5. The Bertz CT molecular complexity index is 767. The highest BCUT2D eigenvalue weighted by Crippen LogP contribution is 2.22. The lowest BCUT2D eigenvalue weighted by Gasteiger charge is -2.18. The molecule has 2 aromatic rings. The molecule has 1 N–H and O–H groups in total. The molecule has 0 bridgehead atoms. The molecule has 0 aromatic heterocycles. The van der Waals surface area contributed by atoms with E-state index in [1.54, 1.807) is 0 Å². The highest BCUT2D eigenvalue weighted by Gasteiger charge is 2.14. The van der Waals surface area contributed by atoms with Crippen LogP contribution in [0, 0.1) is 13.8 Å². The molecule has 1 aliphatic rings. The molecule has 0 heterocycles. The van der Waals surface area contributed by atoms with Crippen molar-refractivity contribution < 1.29 is 9.53 Å². The Labute approximate surface area is 150 Å². The minimum absolute atomic E-state index is 0.0236. The van der Waals surface area contributed by atoms with Crippen LogP contribution in [0.2, 0.25) is 0 Å². The Morgan fingerprint density at radius 1 is 1.04 bits per heavy atom. The summed E-state index contributed by atoms with van der Waals surface area (Å²) in [6, 6.07) is 12.1. The molecule has 0 aliphatic heterocycles. The van der Waals surface area contributed by atoms with Gasteiger partial charge >= 0.3 is 0 Å². The van der Waals surface area contributed by atoms with E-state index in [4.69, 9.17) is 4.74 Å². The van der Waals surface area contributed by atoms with Gasteiger partial charge in [0.2, 0.25) is 0 Å². The van der Waals surface area contributed by atoms with E-state index >= 15 is 0 Å². The third-order valence-electron chi connectivity index (χ3n) is 4.97. The lowest BCUT2D eigenvalue weighted by atomic mass is 9.90. The number of rotatable bonds is 5. The van der Waals surface area contributed by atoms with Crippen molar-refractivity contribution in [3.63, 3.8) is 0 Å². The average molecular weight is 337 g/mol. The number of carbonyl (C=O) groups excluding carboxylic acids is 1. The topological polar surface area (TPSA) is 38.3 Å². The summed E-state index contributed by atoms with van der Waals surface area (Å²) < 4.78 is 5.82. The van der Waals surface area contributed by atoms with Crippen molar-refractivity contribution in [2.75, 3.05) is 6.61 Å². The summed E-state index contributed by atoms with van der Waals surface area (Å²) >= 11 is 0. The van der Waals surface area contributed by atoms with E-state index < -0.39 is 0 Å². The van der Waals surface area contributed by atoms with Crippen LogP contribution in [0.15, 0.2) is 36.4 Å². The van der Waals surface area contributed by atoms with Crippen molar-refractivity contribution in [3.8, 4) is 5.75 Å². The summed E-state index contributed by atoms with van der Waals surface area (Å²) in [6.45, 7) is 6.58. The minimum atomic E-state index is -0.0508. The fourth-order valence-corrected chi connectivity index (χ4v) is 3.25. The fraction of sp³-hybridized carbons (Fsp3) is 0.409. The van der Waals surface area contributed by atoms with E-state index in [0.29, 0.717) is 6.61 Å². The van der Waals surface area contributed by atoms with E-state index in [-0.39, 0.29) is 11.9 Å². The number of ether oxygens (including phenoxy) is 1. The van der Waals surface area contributed by atoms with Gasteiger partial charge in [0.15, 0.2) is 0 Å². The number of hydrogen-bond acceptors (Lipinski definition) is 2. The quantitative estimate of drug-likeness (QED) is 0.879. The van der Waals surface area contributed by atoms with Gasteiger partial charge in [-0.3, -0.25) is 4.79 Å². The minimum Gasteiger partial charge on any atom is -0.491 e. The van der Waals surface area contributed by atoms with Crippen LogP contribution in [0.5, 0.6) is 5.75 Å². The Morgan fingerprint density at radius 2 is 1.80 bits per heavy atom. The van der Waals surface area contributed by atoms with Crippen molar-refractivity contribution in [3.05, 3.63) is 64.2 Å². The summed E-state index contributed by atoms with van der Waals surface area (Å²) in [5.74, 6) is 0.822. The predicted molar refractivity (Wildman–Crippen MR) is 101 cm³/mol. The fourth-order valence-electron chi connectivity index (χ4n) is 3.25. The zero-order valence-corrected chi connectivity index (χ0v) is 15.4. The Kier molecular flexibility index (Phi) is 5.42. The third-order valence-corrected chi connectivity index (χ3v) is 4.97. The van der Waals surface area contributed by atoms with Crippen LogP contribution in [-0.4, -0.2) is 18.6 Å². The number of nitrogens with one attached hydrogen (secondary N) is 1. The second-order valence-corrected chi connectivity index (χ2v) is 7.12. The van der Waals surface area contributed by atoms with Crippen LogP contribution < -0.4 is 10.1 Å². The van der Waals surface area contributed by atoms with Crippen molar-refractivity contribution in [2.24, 2.45) is 0 Å². The monoisotopic (exact) mass is 337 g/mol. The SMILES string of the molecule is Cc1ccc(OCC(C)NC(=O)c2ccc3c(c2)CCCC3)cc1C. The van der Waals surface area contributed by atoms with Gasteiger partial charge in [-0.05, 0) is 93.0 Å². The largest absolute Gasteiger partial charge is 0.491 e. The molecule has 3 rings (SSSR count). The number of aryl methyl sites for hydroxylation is 4. The van der Waals surface area contributed by atoms with Crippen LogP contribution in [0.25, 0.3) is 0 Å². The molecule has 3 heteroatoms. The Hall–Kier alpha value is -2.29. The summed E-state index contributed by atoms with van der Waals surface area (Å²) in [5, 5.41) is 3.04. The second kappa shape index (κ2) is 7.73. The molecule has 1 unspecified atom stereocenters. The molecule has 0 spiro atoms.